The van der Waals surface area contributed by atoms with Crippen LogP contribution < -0.4 is 20.1 Å². The van der Waals surface area contributed by atoms with E-state index in [4.69, 9.17) is 9.47 Å². The van der Waals surface area contributed by atoms with Crippen LogP contribution in [0.3, 0.4) is 0 Å². The molecule has 0 bridgehead atoms. The molecule has 0 saturated heterocycles. The van der Waals surface area contributed by atoms with Crippen molar-refractivity contribution >= 4 is 29.9 Å². The maximum atomic E-state index is 5.36. The molecule has 0 unspecified atom stereocenters. The van der Waals surface area contributed by atoms with E-state index in [1.54, 1.807) is 21.3 Å². The van der Waals surface area contributed by atoms with Crippen molar-refractivity contribution in [1.29, 1.82) is 0 Å². The summed E-state index contributed by atoms with van der Waals surface area (Å²) in [6.45, 7) is 5.52. The number of methoxy groups -OCH3 is 2. The number of guanidine groups is 1. The summed E-state index contributed by atoms with van der Waals surface area (Å²) < 4.78 is 10.6. The molecule has 0 spiro atoms. The summed E-state index contributed by atoms with van der Waals surface area (Å²) in [6, 6.07) is 14.5. The summed E-state index contributed by atoms with van der Waals surface area (Å²) in [4.78, 5) is 6.60. The van der Waals surface area contributed by atoms with Gasteiger partial charge in [0.1, 0.15) is 0 Å². The summed E-state index contributed by atoms with van der Waals surface area (Å²) in [5.74, 6) is 2.20. The van der Waals surface area contributed by atoms with Crippen molar-refractivity contribution in [1.82, 2.24) is 15.5 Å². The number of ether oxygens (including phenoxy) is 2. The molecule has 0 aliphatic rings. The molecule has 6 nitrogen and oxygen atoms in total. The van der Waals surface area contributed by atoms with Crippen molar-refractivity contribution in [2.45, 2.75) is 26.6 Å². The van der Waals surface area contributed by atoms with Crippen LogP contribution in [-0.4, -0.2) is 45.7 Å². The zero-order valence-corrected chi connectivity index (χ0v) is 20.3. The van der Waals surface area contributed by atoms with E-state index in [1.807, 2.05) is 18.2 Å². The Kier molecular flexibility index (Phi) is 11.5. The lowest BCUT2D eigenvalue weighted by Crippen LogP contribution is -2.36. The third kappa shape index (κ3) is 8.10. The molecular formula is C22H33IN4O2. The Bertz CT molecular complexity index is 783. The van der Waals surface area contributed by atoms with Gasteiger partial charge in [-0.2, -0.15) is 0 Å². The Morgan fingerprint density at radius 2 is 1.55 bits per heavy atom. The molecule has 0 atom stereocenters. The average molecular weight is 512 g/mol. The van der Waals surface area contributed by atoms with Gasteiger partial charge in [0.2, 0.25) is 0 Å². The van der Waals surface area contributed by atoms with Gasteiger partial charge < -0.3 is 25.0 Å². The van der Waals surface area contributed by atoms with Crippen molar-refractivity contribution in [2.24, 2.45) is 4.99 Å². The average Bonchev–Trinajstić information content (AvgIpc) is 2.73. The summed E-state index contributed by atoms with van der Waals surface area (Å²) in [5, 5.41) is 6.71. The molecule has 29 heavy (non-hydrogen) atoms. The van der Waals surface area contributed by atoms with Gasteiger partial charge in [-0.05, 0) is 42.4 Å². The topological polar surface area (TPSA) is 58.1 Å². The first-order valence-electron chi connectivity index (χ1n) is 9.51. The van der Waals surface area contributed by atoms with Crippen LogP contribution in [0.4, 0.5) is 0 Å². The molecule has 0 saturated carbocycles. The van der Waals surface area contributed by atoms with E-state index in [1.165, 1.54) is 11.1 Å². The Morgan fingerprint density at radius 3 is 2.14 bits per heavy atom. The molecule has 7 heteroatoms. The number of halogens is 1. The van der Waals surface area contributed by atoms with Gasteiger partial charge in [0.05, 0.1) is 14.2 Å². The first-order valence-corrected chi connectivity index (χ1v) is 9.51. The van der Waals surface area contributed by atoms with Crippen molar-refractivity contribution in [3.05, 3.63) is 59.2 Å². The van der Waals surface area contributed by atoms with Crippen LogP contribution in [0.1, 0.15) is 23.6 Å². The van der Waals surface area contributed by atoms with E-state index in [0.29, 0.717) is 6.54 Å². The molecule has 0 fully saturated rings. The highest BCUT2D eigenvalue weighted by Gasteiger charge is 2.06. The number of hydrogen-bond acceptors (Lipinski definition) is 4. The normalized spacial score (nSPS) is 11.0. The lowest BCUT2D eigenvalue weighted by atomic mass is 10.1. The Hall–Kier alpha value is -2.00. The van der Waals surface area contributed by atoms with E-state index in [0.717, 1.165) is 42.7 Å². The molecule has 0 aliphatic carbocycles. The van der Waals surface area contributed by atoms with Gasteiger partial charge >= 0.3 is 0 Å². The van der Waals surface area contributed by atoms with Crippen LogP contribution in [0.15, 0.2) is 47.5 Å². The van der Waals surface area contributed by atoms with Gasteiger partial charge in [-0.25, -0.2) is 0 Å². The van der Waals surface area contributed by atoms with Crippen LogP contribution in [0.2, 0.25) is 0 Å². The Labute approximate surface area is 191 Å². The van der Waals surface area contributed by atoms with Crippen LogP contribution in [0.25, 0.3) is 0 Å². The Morgan fingerprint density at radius 1 is 0.931 bits per heavy atom. The number of benzene rings is 2. The molecule has 2 N–H and O–H groups in total. The predicted molar refractivity (Wildman–Crippen MR) is 130 cm³/mol. The minimum absolute atomic E-state index is 0. The second-order valence-electron chi connectivity index (χ2n) is 6.62. The smallest absolute Gasteiger partial charge is 0.191 e. The molecule has 2 aromatic carbocycles. The molecule has 0 heterocycles. The third-order valence-corrected chi connectivity index (χ3v) is 4.58. The van der Waals surface area contributed by atoms with E-state index < -0.39 is 0 Å². The van der Waals surface area contributed by atoms with Crippen LogP contribution >= 0.6 is 24.0 Å². The number of aliphatic imine (C=N–C) groups is 1. The largest absolute Gasteiger partial charge is 0.493 e. The summed E-state index contributed by atoms with van der Waals surface area (Å²) in [6.07, 6.45) is 0. The standard InChI is InChI=1S/C22H32N4O2.HI/c1-6-26(3)16-19-9-7-8-17(12-19)14-24-22(23-2)25-15-18-10-11-20(27-4)21(13-18)28-5;/h7-13H,6,14-16H2,1-5H3,(H2,23,24,25);1H. The van der Waals surface area contributed by atoms with Gasteiger partial charge in [0, 0.05) is 26.7 Å². The maximum Gasteiger partial charge on any atom is 0.191 e. The van der Waals surface area contributed by atoms with E-state index in [2.05, 4.69) is 58.8 Å². The van der Waals surface area contributed by atoms with Crippen LogP contribution in [0.5, 0.6) is 11.5 Å². The SMILES string of the molecule is CCN(C)Cc1cccc(CNC(=NC)NCc2ccc(OC)c(OC)c2)c1.I. The van der Waals surface area contributed by atoms with Crippen LogP contribution in [-0.2, 0) is 19.6 Å². The van der Waals surface area contributed by atoms with Gasteiger partial charge in [0.25, 0.3) is 0 Å². The fourth-order valence-corrected chi connectivity index (χ4v) is 2.84. The molecule has 160 valence electrons. The van der Waals surface area contributed by atoms with Crippen molar-refractivity contribution in [3.8, 4) is 11.5 Å². The molecule has 0 amide bonds. The molecule has 2 rings (SSSR count). The van der Waals surface area contributed by atoms with Gasteiger partial charge in [-0.15, -0.1) is 24.0 Å². The summed E-state index contributed by atoms with van der Waals surface area (Å²) in [5.41, 5.74) is 3.64. The van der Waals surface area contributed by atoms with E-state index >= 15 is 0 Å². The zero-order valence-electron chi connectivity index (χ0n) is 18.0. The minimum atomic E-state index is 0. The number of rotatable bonds is 9. The van der Waals surface area contributed by atoms with Crippen LogP contribution in [0, 0.1) is 0 Å². The fourth-order valence-electron chi connectivity index (χ4n) is 2.84. The zero-order chi connectivity index (χ0) is 20.4. The van der Waals surface area contributed by atoms with Crippen molar-refractivity contribution in [3.63, 3.8) is 0 Å². The van der Waals surface area contributed by atoms with Gasteiger partial charge in [0.15, 0.2) is 17.5 Å². The number of nitrogens with one attached hydrogen (secondary N) is 2. The van der Waals surface area contributed by atoms with E-state index in [-0.39, 0.29) is 24.0 Å². The highest BCUT2D eigenvalue weighted by molar-refractivity contribution is 14.0. The highest BCUT2D eigenvalue weighted by atomic mass is 127. The fraction of sp³-hybridized carbons (Fsp3) is 0.409. The molecule has 0 aliphatic heterocycles. The molecular weight excluding hydrogens is 479 g/mol. The molecule has 0 aromatic heterocycles. The third-order valence-electron chi connectivity index (χ3n) is 4.58. The Balaban J connectivity index is 0.00000420. The van der Waals surface area contributed by atoms with Gasteiger partial charge in [-0.3, -0.25) is 4.99 Å². The van der Waals surface area contributed by atoms with Crippen molar-refractivity contribution in [2.75, 3.05) is 34.9 Å². The van der Waals surface area contributed by atoms with Crippen molar-refractivity contribution < 1.29 is 9.47 Å². The second kappa shape index (κ2) is 13.3. The molecule has 0 radical (unpaired) electrons. The molecule has 2 aromatic rings. The number of nitrogens with zero attached hydrogens (tertiary/aromatic N) is 2. The van der Waals surface area contributed by atoms with Gasteiger partial charge in [-0.1, -0.05) is 37.3 Å². The number of hydrogen-bond donors (Lipinski definition) is 2. The highest BCUT2D eigenvalue weighted by Crippen LogP contribution is 2.27. The monoisotopic (exact) mass is 512 g/mol. The quantitative estimate of drug-likeness (QED) is 0.305. The lowest BCUT2D eigenvalue weighted by Gasteiger charge is -2.16. The first kappa shape index (κ1) is 25.0. The minimum Gasteiger partial charge on any atom is -0.493 e. The summed E-state index contributed by atoms with van der Waals surface area (Å²) in [7, 11) is 7.18. The lowest BCUT2D eigenvalue weighted by molar-refractivity contribution is 0.345. The predicted octanol–water partition coefficient (Wildman–Crippen LogP) is 3.64. The van der Waals surface area contributed by atoms with E-state index in [9.17, 15) is 0 Å². The second-order valence-corrected chi connectivity index (χ2v) is 6.62. The summed E-state index contributed by atoms with van der Waals surface area (Å²) >= 11 is 0. The first-order chi connectivity index (χ1) is 13.6. The maximum absolute atomic E-state index is 5.36.